The Bertz CT molecular complexity index is 151. The lowest BCUT2D eigenvalue weighted by atomic mass is 10.0. The van der Waals surface area contributed by atoms with E-state index in [2.05, 4.69) is 26.6 Å². The van der Waals surface area contributed by atoms with Gasteiger partial charge in [-0.3, -0.25) is 0 Å². The molecule has 0 aromatic rings. The SMILES string of the molecule is CCCC1CCCC1O[Si](C)(C)C. The fourth-order valence-corrected chi connectivity index (χ4v) is 3.53. The summed E-state index contributed by atoms with van der Waals surface area (Å²) in [6, 6.07) is 0. The molecule has 2 atom stereocenters. The molecule has 1 saturated carbocycles. The average molecular weight is 200 g/mol. The third kappa shape index (κ3) is 3.82. The van der Waals surface area contributed by atoms with Crippen LogP contribution in [0.3, 0.4) is 0 Å². The van der Waals surface area contributed by atoms with E-state index < -0.39 is 8.32 Å². The van der Waals surface area contributed by atoms with Gasteiger partial charge >= 0.3 is 0 Å². The van der Waals surface area contributed by atoms with Gasteiger partial charge in [0.2, 0.25) is 0 Å². The molecule has 1 rings (SSSR count). The first kappa shape index (κ1) is 11.3. The molecule has 0 bridgehead atoms. The molecule has 0 aliphatic heterocycles. The highest BCUT2D eigenvalue weighted by molar-refractivity contribution is 6.69. The van der Waals surface area contributed by atoms with Crippen LogP contribution in [0.5, 0.6) is 0 Å². The summed E-state index contributed by atoms with van der Waals surface area (Å²) in [5.41, 5.74) is 0. The van der Waals surface area contributed by atoms with Crippen molar-refractivity contribution in [3.8, 4) is 0 Å². The van der Waals surface area contributed by atoms with Crippen molar-refractivity contribution >= 4 is 8.32 Å². The number of hydrogen-bond acceptors (Lipinski definition) is 1. The topological polar surface area (TPSA) is 9.23 Å². The summed E-state index contributed by atoms with van der Waals surface area (Å²) in [5.74, 6) is 0.872. The first-order valence-electron chi connectivity index (χ1n) is 5.71. The van der Waals surface area contributed by atoms with Gasteiger partial charge < -0.3 is 4.43 Å². The molecule has 1 aliphatic rings. The molecule has 1 fully saturated rings. The zero-order valence-corrected chi connectivity index (χ0v) is 10.6. The van der Waals surface area contributed by atoms with Crippen LogP contribution in [0.2, 0.25) is 19.6 Å². The van der Waals surface area contributed by atoms with Gasteiger partial charge in [0.05, 0.1) is 0 Å². The van der Waals surface area contributed by atoms with Gasteiger partial charge in [0, 0.05) is 6.10 Å². The molecule has 0 aromatic carbocycles. The number of rotatable bonds is 4. The van der Waals surface area contributed by atoms with E-state index in [0.717, 1.165) is 5.92 Å². The van der Waals surface area contributed by atoms with Crippen molar-refractivity contribution in [2.75, 3.05) is 0 Å². The molecule has 0 heterocycles. The maximum atomic E-state index is 6.20. The van der Waals surface area contributed by atoms with Gasteiger partial charge in [0.1, 0.15) is 0 Å². The third-order valence-electron chi connectivity index (χ3n) is 2.75. The van der Waals surface area contributed by atoms with Crippen LogP contribution in [0.1, 0.15) is 39.0 Å². The predicted octanol–water partition coefficient (Wildman–Crippen LogP) is 3.81. The minimum atomic E-state index is -1.29. The Morgan fingerprint density at radius 2 is 1.92 bits per heavy atom. The Kier molecular flexibility index (Phi) is 3.99. The molecule has 0 N–H and O–H groups in total. The molecule has 2 unspecified atom stereocenters. The van der Waals surface area contributed by atoms with Crippen molar-refractivity contribution < 1.29 is 4.43 Å². The normalized spacial score (nSPS) is 29.5. The van der Waals surface area contributed by atoms with Crippen LogP contribution in [0.15, 0.2) is 0 Å². The smallest absolute Gasteiger partial charge is 0.184 e. The Hall–Kier alpha value is 0.177. The average Bonchev–Trinajstić information content (AvgIpc) is 2.34. The predicted molar refractivity (Wildman–Crippen MR) is 60.5 cm³/mol. The molecule has 1 nitrogen and oxygen atoms in total. The largest absolute Gasteiger partial charge is 0.414 e. The van der Waals surface area contributed by atoms with E-state index in [1.54, 1.807) is 0 Å². The highest BCUT2D eigenvalue weighted by atomic mass is 28.4. The van der Waals surface area contributed by atoms with E-state index in [-0.39, 0.29) is 0 Å². The van der Waals surface area contributed by atoms with Crippen LogP contribution >= 0.6 is 0 Å². The van der Waals surface area contributed by atoms with Gasteiger partial charge in [-0.1, -0.05) is 19.8 Å². The van der Waals surface area contributed by atoms with Gasteiger partial charge in [0.15, 0.2) is 8.32 Å². The fraction of sp³-hybridized carbons (Fsp3) is 1.00. The summed E-state index contributed by atoms with van der Waals surface area (Å²) in [6.07, 6.45) is 7.40. The first-order valence-corrected chi connectivity index (χ1v) is 9.11. The summed E-state index contributed by atoms with van der Waals surface area (Å²) in [7, 11) is -1.29. The van der Waals surface area contributed by atoms with Crippen LogP contribution < -0.4 is 0 Å². The molecule has 0 spiro atoms. The van der Waals surface area contributed by atoms with Crippen molar-refractivity contribution in [2.24, 2.45) is 5.92 Å². The Morgan fingerprint density at radius 3 is 2.46 bits per heavy atom. The van der Waals surface area contributed by atoms with E-state index in [0.29, 0.717) is 6.10 Å². The van der Waals surface area contributed by atoms with Crippen LogP contribution in [0.4, 0.5) is 0 Å². The molecule has 0 aromatic heterocycles. The van der Waals surface area contributed by atoms with Crippen molar-refractivity contribution in [2.45, 2.75) is 64.8 Å². The second-order valence-electron chi connectivity index (χ2n) is 5.25. The summed E-state index contributed by atoms with van der Waals surface area (Å²) < 4.78 is 6.20. The molecular formula is C11H24OSi. The maximum absolute atomic E-state index is 6.20. The molecule has 0 amide bonds. The van der Waals surface area contributed by atoms with Crippen LogP contribution in [-0.4, -0.2) is 14.4 Å². The van der Waals surface area contributed by atoms with E-state index in [4.69, 9.17) is 4.43 Å². The van der Waals surface area contributed by atoms with Crippen LogP contribution in [0, 0.1) is 5.92 Å². The zero-order chi connectivity index (χ0) is 9.90. The van der Waals surface area contributed by atoms with Crippen LogP contribution in [-0.2, 0) is 4.43 Å². The second-order valence-corrected chi connectivity index (χ2v) is 9.71. The van der Waals surface area contributed by atoms with E-state index in [1.165, 1.54) is 32.1 Å². The minimum Gasteiger partial charge on any atom is -0.414 e. The summed E-state index contributed by atoms with van der Waals surface area (Å²) >= 11 is 0. The van der Waals surface area contributed by atoms with E-state index >= 15 is 0 Å². The Balaban J connectivity index is 2.39. The van der Waals surface area contributed by atoms with E-state index in [9.17, 15) is 0 Å². The highest BCUT2D eigenvalue weighted by Gasteiger charge is 2.30. The monoisotopic (exact) mass is 200 g/mol. The van der Waals surface area contributed by atoms with Gasteiger partial charge in [-0.2, -0.15) is 0 Å². The number of hydrogen-bond donors (Lipinski definition) is 0. The van der Waals surface area contributed by atoms with Crippen molar-refractivity contribution in [3.63, 3.8) is 0 Å². The summed E-state index contributed by atoms with van der Waals surface area (Å²) in [4.78, 5) is 0. The Morgan fingerprint density at radius 1 is 1.23 bits per heavy atom. The first-order chi connectivity index (χ1) is 6.03. The molecule has 13 heavy (non-hydrogen) atoms. The second kappa shape index (κ2) is 4.60. The lowest BCUT2D eigenvalue weighted by Gasteiger charge is -2.27. The maximum Gasteiger partial charge on any atom is 0.184 e. The minimum absolute atomic E-state index is 0.603. The van der Waals surface area contributed by atoms with Gasteiger partial charge in [0.25, 0.3) is 0 Å². The molecule has 1 aliphatic carbocycles. The van der Waals surface area contributed by atoms with E-state index in [1.807, 2.05) is 0 Å². The summed E-state index contributed by atoms with van der Waals surface area (Å²) in [6.45, 7) is 9.18. The zero-order valence-electron chi connectivity index (χ0n) is 9.60. The summed E-state index contributed by atoms with van der Waals surface area (Å²) in [5, 5.41) is 0. The lowest BCUT2D eigenvalue weighted by Crippen LogP contribution is -2.33. The van der Waals surface area contributed by atoms with Gasteiger partial charge in [-0.15, -0.1) is 0 Å². The lowest BCUT2D eigenvalue weighted by molar-refractivity contribution is 0.145. The molecule has 0 saturated heterocycles. The third-order valence-corrected chi connectivity index (χ3v) is 3.76. The van der Waals surface area contributed by atoms with Gasteiger partial charge in [-0.25, -0.2) is 0 Å². The van der Waals surface area contributed by atoms with Crippen LogP contribution in [0.25, 0.3) is 0 Å². The standard InChI is InChI=1S/C11H24OSi/c1-5-7-10-8-6-9-11(10)12-13(2,3)4/h10-11H,5-9H2,1-4H3. The van der Waals surface area contributed by atoms with Crippen molar-refractivity contribution in [1.82, 2.24) is 0 Å². The quantitative estimate of drug-likeness (QED) is 0.627. The molecule has 0 radical (unpaired) electrons. The van der Waals surface area contributed by atoms with Crippen molar-refractivity contribution in [3.05, 3.63) is 0 Å². The highest BCUT2D eigenvalue weighted by Crippen LogP contribution is 2.33. The van der Waals surface area contributed by atoms with Gasteiger partial charge in [-0.05, 0) is 44.8 Å². The Labute approximate surface area is 84.0 Å². The van der Waals surface area contributed by atoms with Crippen molar-refractivity contribution in [1.29, 1.82) is 0 Å². The molecule has 78 valence electrons. The fourth-order valence-electron chi connectivity index (χ4n) is 2.31. The molecular weight excluding hydrogens is 176 g/mol. The molecule has 2 heteroatoms.